The van der Waals surface area contributed by atoms with Gasteiger partial charge in [0.05, 0.1) is 19.5 Å². The molecule has 0 fully saturated rings. The van der Waals surface area contributed by atoms with Crippen molar-refractivity contribution in [2.45, 2.75) is 91.1 Å². The van der Waals surface area contributed by atoms with Crippen LogP contribution in [0.25, 0.3) is 0 Å². The van der Waals surface area contributed by atoms with Crippen LogP contribution in [0.2, 0.25) is 0 Å². The summed E-state index contributed by atoms with van der Waals surface area (Å²) in [5.74, 6) is 1.44. The van der Waals surface area contributed by atoms with Gasteiger partial charge in [-0.2, -0.15) is 0 Å². The Morgan fingerprint density at radius 2 is 1.44 bits per heavy atom. The van der Waals surface area contributed by atoms with E-state index in [2.05, 4.69) is 65.7 Å². The average Bonchev–Trinajstić information content (AvgIpc) is 3.03. The Bertz CT molecular complexity index is 571. The van der Waals surface area contributed by atoms with E-state index in [9.17, 15) is 0 Å². The van der Waals surface area contributed by atoms with Gasteiger partial charge in [0.1, 0.15) is 12.4 Å². The Morgan fingerprint density at radius 3 is 2.08 bits per heavy atom. The molecule has 2 heteroatoms. The highest BCUT2D eigenvalue weighted by atomic mass is 15.1. The molecule has 0 bridgehead atoms. The number of nitrogens with zero attached hydrogens (tertiary/aromatic N) is 2. The van der Waals surface area contributed by atoms with Gasteiger partial charge in [-0.1, -0.05) is 82.2 Å². The summed E-state index contributed by atoms with van der Waals surface area (Å²) in [6, 6.07) is 10.8. The number of aryl methyl sites for hydroxylation is 2. The van der Waals surface area contributed by atoms with Crippen molar-refractivity contribution >= 4 is 0 Å². The van der Waals surface area contributed by atoms with E-state index in [1.807, 2.05) is 0 Å². The van der Waals surface area contributed by atoms with Crippen LogP contribution in [0, 0.1) is 0 Å². The Balaban J connectivity index is 1.73. The number of unbranched alkanes of at least 4 members (excludes halogenated alkanes) is 8. The van der Waals surface area contributed by atoms with Crippen molar-refractivity contribution in [3.63, 3.8) is 0 Å². The lowest BCUT2D eigenvalue weighted by molar-refractivity contribution is -0.700. The molecule has 2 aromatic rings. The summed E-state index contributed by atoms with van der Waals surface area (Å²) in [6.07, 6.45) is 18.1. The molecule has 0 atom stereocenters. The minimum absolute atomic E-state index is 1.03. The first-order chi connectivity index (χ1) is 12.3. The topological polar surface area (TPSA) is 8.81 Å². The number of rotatable bonds is 13. The van der Waals surface area contributed by atoms with Crippen LogP contribution in [-0.4, -0.2) is 4.57 Å². The highest BCUT2D eigenvalue weighted by Crippen LogP contribution is 2.12. The molecule has 0 amide bonds. The van der Waals surface area contributed by atoms with Gasteiger partial charge in [0.2, 0.25) is 0 Å². The minimum Gasteiger partial charge on any atom is -0.234 e. The molecule has 1 heterocycles. The second kappa shape index (κ2) is 11.9. The molecular weight excluding hydrogens is 304 g/mol. The Kier molecular flexibility index (Phi) is 9.40. The van der Waals surface area contributed by atoms with E-state index in [1.165, 1.54) is 69.2 Å². The lowest BCUT2D eigenvalue weighted by Gasteiger charge is -2.05. The average molecular weight is 342 g/mol. The standard InChI is InChI=1S/C23H37N2/c1-3-5-6-7-8-9-10-11-15-18-25-20-19-24(4-2)23(25)21-22-16-13-12-14-17-22/h12-14,16-17,19-20H,3-11,15,18,21H2,1-2H3/q+1. The molecule has 0 aliphatic heterocycles. The maximum absolute atomic E-state index is 2.47. The van der Waals surface area contributed by atoms with E-state index >= 15 is 0 Å². The van der Waals surface area contributed by atoms with E-state index < -0.39 is 0 Å². The van der Waals surface area contributed by atoms with E-state index in [0.29, 0.717) is 0 Å². The fourth-order valence-electron chi connectivity index (χ4n) is 3.56. The van der Waals surface area contributed by atoms with Gasteiger partial charge in [0.15, 0.2) is 0 Å². The zero-order valence-corrected chi connectivity index (χ0v) is 16.4. The number of benzene rings is 1. The zero-order valence-electron chi connectivity index (χ0n) is 16.4. The van der Waals surface area contributed by atoms with Crippen LogP contribution in [0.1, 0.15) is 83.0 Å². The lowest BCUT2D eigenvalue weighted by Crippen LogP contribution is -2.36. The summed E-state index contributed by atoms with van der Waals surface area (Å²) < 4.78 is 4.86. The molecular formula is C23H37N2+. The van der Waals surface area contributed by atoms with Crippen LogP contribution in [0.4, 0.5) is 0 Å². The maximum atomic E-state index is 2.47. The third-order valence-corrected chi connectivity index (χ3v) is 5.14. The van der Waals surface area contributed by atoms with Gasteiger partial charge >= 0.3 is 0 Å². The van der Waals surface area contributed by atoms with Crippen molar-refractivity contribution in [3.8, 4) is 0 Å². The second-order valence-electron chi connectivity index (χ2n) is 7.18. The number of hydrogen-bond acceptors (Lipinski definition) is 0. The van der Waals surface area contributed by atoms with Crippen molar-refractivity contribution in [3.05, 3.63) is 54.1 Å². The summed E-state index contributed by atoms with van der Waals surface area (Å²) in [4.78, 5) is 0. The van der Waals surface area contributed by atoms with Crippen LogP contribution >= 0.6 is 0 Å². The molecule has 1 aromatic heterocycles. The summed E-state index contributed by atoms with van der Waals surface area (Å²) >= 11 is 0. The first-order valence-corrected chi connectivity index (χ1v) is 10.5. The summed E-state index contributed by atoms with van der Waals surface area (Å²) in [6.45, 7) is 6.73. The quantitative estimate of drug-likeness (QED) is 0.316. The van der Waals surface area contributed by atoms with Gasteiger partial charge in [-0.15, -0.1) is 0 Å². The molecule has 0 N–H and O–H groups in total. The minimum atomic E-state index is 1.03. The fourth-order valence-corrected chi connectivity index (χ4v) is 3.56. The summed E-state index contributed by atoms with van der Waals surface area (Å²) in [7, 11) is 0. The first-order valence-electron chi connectivity index (χ1n) is 10.5. The highest BCUT2D eigenvalue weighted by Gasteiger charge is 2.16. The molecule has 0 spiro atoms. The van der Waals surface area contributed by atoms with E-state index in [0.717, 1.165) is 19.5 Å². The van der Waals surface area contributed by atoms with Crippen molar-refractivity contribution in [2.24, 2.45) is 0 Å². The van der Waals surface area contributed by atoms with Crippen LogP contribution in [-0.2, 0) is 19.5 Å². The molecule has 0 saturated heterocycles. The second-order valence-corrected chi connectivity index (χ2v) is 7.18. The third-order valence-electron chi connectivity index (χ3n) is 5.14. The number of imidazole rings is 1. The molecule has 2 nitrogen and oxygen atoms in total. The van der Waals surface area contributed by atoms with Gasteiger partial charge in [-0.05, 0) is 25.3 Å². The monoisotopic (exact) mass is 341 g/mol. The smallest absolute Gasteiger partial charge is 0.234 e. The fraction of sp³-hybridized carbons (Fsp3) is 0.609. The first kappa shape index (κ1) is 19.8. The van der Waals surface area contributed by atoms with Gasteiger partial charge in [0, 0.05) is 0 Å². The molecule has 0 unspecified atom stereocenters. The van der Waals surface area contributed by atoms with Crippen molar-refractivity contribution in [1.29, 1.82) is 0 Å². The molecule has 2 rings (SSSR count). The summed E-state index contributed by atoms with van der Waals surface area (Å²) in [5.41, 5.74) is 1.40. The Morgan fingerprint density at radius 1 is 0.800 bits per heavy atom. The van der Waals surface area contributed by atoms with Crippen LogP contribution < -0.4 is 4.57 Å². The van der Waals surface area contributed by atoms with Crippen LogP contribution in [0.5, 0.6) is 0 Å². The van der Waals surface area contributed by atoms with E-state index in [1.54, 1.807) is 0 Å². The van der Waals surface area contributed by atoms with Crippen molar-refractivity contribution in [2.75, 3.05) is 0 Å². The highest BCUT2D eigenvalue weighted by molar-refractivity contribution is 5.18. The molecule has 25 heavy (non-hydrogen) atoms. The SMILES string of the molecule is CCCCCCCCCCCn1cc[n+](CC)c1Cc1ccccc1. The number of hydrogen-bond donors (Lipinski definition) is 0. The van der Waals surface area contributed by atoms with Gasteiger partial charge in [-0.25, -0.2) is 9.13 Å². The van der Waals surface area contributed by atoms with E-state index in [-0.39, 0.29) is 0 Å². The normalized spacial score (nSPS) is 11.1. The molecule has 138 valence electrons. The molecule has 0 aliphatic rings. The predicted octanol–water partition coefficient (Wildman–Crippen LogP) is 5.92. The predicted molar refractivity (Wildman–Crippen MR) is 107 cm³/mol. The van der Waals surface area contributed by atoms with Crippen molar-refractivity contribution in [1.82, 2.24) is 4.57 Å². The third kappa shape index (κ3) is 7.05. The molecule has 0 radical (unpaired) electrons. The largest absolute Gasteiger partial charge is 0.260 e. The Labute approximate surface area is 154 Å². The Hall–Kier alpha value is -1.57. The van der Waals surface area contributed by atoms with Crippen molar-refractivity contribution < 1.29 is 4.57 Å². The maximum Gasteiger partial charge on any atom is 0.260 e. The molecule has 1 aromatic carbocycles. The van der Waals surface area contributed by atoms with Crippen LogP contribution in [0.15, 0.2) is 42.7 Å². The van der Waals surface area contributed by atoms with E-state index in [4.69, 9.17) is 0 Å². The van der Waals surface area contributed by atoms with Crippen LogP contribution in [0.3, 0.4) is 0 Å². The summed E-state index contributed by atoms with van der Waals surface area (Å²) in [5, 5.41) is 0. The molecule has 0 saturated carbocycles. The zero-order chi connectivity index (χ0) is 17.7. The number of aromatic nitrogens is 2. The van der Waals surface area contributed by atoms with Gasteiger partial charge in [-0.3, -0.25) is 0 Å². The van der Waals surface area contributed by atoms with Gasteiger partial charge in [0.25, 0.3) is 5.82 Å². The lowest BCUT2D eigenvalue weighted by atomic mass is 10.1. The molecule has 0 aliphatic carbocycles. The van der Waals surface area contributed by atoms with Gasteiger partial charge < -0.3 is 0 Å².